The topological polar surface area (TPSA) is 37.3 Å². The summed E-state index contributed by atoms with van der Waals surface area (Å²) in [6.45, 7) is 3.32. The number of Topliss-reactive ketones (excluding diaryl/α,β-unsaturated/α-hetero) is 1. The summed E-state index contributed by atoms with van der Waals surface area (Å²) in [5.74, 6) is -0.0217. The maximum absolute atomic E-state index is 10.5. The molecule has 0 rings (SSSR count). The first-order valence-electron chi connectivity index (χ1n) is 3.39. The minimum atomic E-state index is -0.677. The minimum absolute atomic E-state index is 0.0217. The first-order chi connectivity index (χ1) is 4.57. The summed E-state index contributed by atoms with van der Waals surface area (Å²) in [4.78, 5) is 10.5. The number of ketones is 1. The normalized spacial score (nSPS) is 16.4. The van der Waals surface area contributed by atoms with Crippen molar-refractivity contribution in [2.75, 3.05) is 0 Å². The summed E-state index contributed by atoms with van der Waals surface area (Å²) in [7, 11) is 0. The van der Waals surface area contributed by atoms with Crippen LogP contribution in [0.2, 0.25) is 0 Å². The van der Waals surface area contributed by atoms with E-state index >= 15 is 0 Å². The summed E-state index contributed by atoms with van der Waals surface area (Å²) in [5.41, 5.74) is 0. The van der Waals surface area contributed by atoms with E-state index in [9.17, 15) is 4.79 Å². The lowest BCUT2D eigenvalue weighted by molar-refractivity contribution is -0.118. The van der Waals surface area contributed by atoms with Crippen molar-refractivity contribution in [3.63, 3.8) is 0 Å². The van der Waals surface area contributed by atoms with Gasteiger partial charge in [0.2, 0.25) is 0 Å². The van der Waals surface area contributed by atoms with E-state index in [-0.39, 0.29) is 17.6 Å². The summed E-state index contributed by atoms with van der Waals surface area (Å²) in [6, 6.07) is 0. The molecule has 0 spiro atoms. The number of aliphatic hydroxyl groups is 1. The fourth-order valence-electron chi connectivity index (χ4n) is 0.694. The van der Waals surface area contributed by atoms with Crippen LogP contribution in [0, 0.1) is 0 Å². The maximum Gasteiger partial charge on any atom is 0.132 e. The molecule has 10 heavy (non-hydrogen) atoms. The molecule has 0 aliphatic heterocycles. The van der Waals surface area contributed by atoms with E-state index in [4.69, 9.17) is 16.7 Å². The van der Waals surface area contributed by atoms with Gasteiger partial charge in [0.1, 0.15) is 5.78 Å². The Morgan fingerprint density at radius 3 is 2.50 bits per heavy atom. The third-order valence-corrected chi connectivity index (χ3v) is 1.90. The third kappa shape index (κ3) is 3.85. The van der Waals surface area contributed by atoms with Gasteiger partial charge in [-0.3, -0.25) is 4.79 Å². The largest absolute Gasteiger partial charge is 0.391 e. The number of hydrogen-bond acceptors (Lipinski definition) is 2. The number of carbonyl (C=O) groups excluding carboxylic acids is 1. The summed E-state index contributed by atoms with van der Waals surface area (Å²) in [5, 5.41) is 8.85. The first kappa shape index (κ1) is 9.92. The van der Waals surface area contributed by atoms with Crippen molar-refractivity contribution in [2.24, 2.45) is 0 Å². The molecule has 0 aromatic heterocycles. The second kappa shape index (κ2) is 4.69. The van der Waals surface area contributed by atoms with Crippen molar-refractivity contribution >= 4 is 17.4 Å². The number of carbonyl (C=O) groups is 1. The highest BCUT2D eigenvalue weighted by Crippen LogP contribution is 2.10. The van der Waals surface area contributed by atoms with Crippen molar-refractivity contribution in [3.8, 4) is 0 Å². The molecule has 0 aliphatic carbocycles. The number of aliphatic hydroxyl groups excluding tert-OH is 1. The third-order valence-electron chi connectivity index (χ3n) is 1.30. The fourth-order valence-corrected chi connectivity index (χ4v) is 0.784. The fraction of sp³-hybridized carbons (Fsp3) is 0.857. The van der Waals surface area contributed by atoms with Crippen LogP contribution in [0.5, 0.6) is 0 Å². The lowest BCUT2D eigenvalue weighted by Gasteiger charge is -2.12. The molecule has 60 valence electrons. The highest BCUT2D eigenvalue weighted by Gasteiger charge is 2.15. The van der Waals surface area contributed by atoms with Gasteiger partial charge in [0.05, 0.1) is 11.5 Å². The van der Waals surface area contributed by atoms with Gasteiger partial charge in [-0.25, -0.2) is 0 Å². The van der Waals surface area contributed by atoms with Crippen LogP contribution in [0.15, 0.2) is 0 Å². The van der Waals surface area contributed by atoms with E-state index in [0.717, 1.165) is 0 Å². The van der Waals surface area contributed by atoms with Crippen LogP contribution in [0.1, 0.15) is 26.7 Å². The van der Waals surface area contributed by atoms with E-state index in [2.05, 4.69) is 0 Å². The van der Waals surface area contributed by atoms with Crippen LogP contribution in [-0.2, 0) is 4.79 Å². The predicted molar refractivity (Wildman–Crippen MR) is 41.2 cm³/mol. The molecule has 0 heterocycles. The SMILES string of the molecule is CCC(Cl)C(O)CC(C)=O. The predicted octanol–water partition coefficient (Wildman–Crippen LogP) is 1.34. The maximum atomic E-state index is 10.5. The van der Waals surface area contributed by atoms with Crippen LogP contribution in [-0.4, -0.2) is 22.4 Å². The van der Waals surface area contributed by atoms with Crippen molar-refractivity contribution < 1.29 is 9.90 Å². The molecule has 2 atom stereocenters. The number of halogens is 1. The smallest absolute Gasteiger partial charge is 0.132 e. The van der Waals surface area contributed by atoms with Crippen molar-refractivity contribution in [1.29, 1.82) is 0 Å². The van der Waals surface area contributed by atoms with Crippen LogP contribution in [0.3, 0.4) is 0 Å². The highest BCUT2D eigenvalue weighted by molar-refractivity contribution is 6.21. The molecule has 3 heteroatoms. The molecule has 2 unspecified atom stereocenters. The molecule has 0 saturated carbocycles. The van der Waals surface area contributed by atoms with Crippen LogP contribution in [0.25, 0.3) is 0 Å². The number of alkyl halides is 1. The molecule has 0 aliphatic rings. The van der Waals surface area contributed by atoms with Gasteiger partial charge in [-0.2, -0.15) is 0 Å². The lowest BCUT2D eigenvalue weighted by Crippen LogP contribution is -2.22. The van der Waals surface area contributed by atoms with Crippen molar-refractivity contribution in [1.82, 2.24) is 0 Å². The van der Waals surface area contributed by atoms with Crippen LogP contribution in [0.4, 0.5) is 0 Å². The Morgan fingerprint density at radius 2 is 2.20 bits per heavy atom. The quantitative estimate of drug-likeness (QED) is 0.637. The van der Waals surface area contributed by atoms with Gasteiger partial charge in [0, 0.05) is 6.42 Å². The Kier molecular flexibility index (Phi) is 4.65. The second-order valence-electron chi connectivity index (χ2n) is 2.40. The molecule has 0 fully saturated rings. The Morgan fingerprint density at radius 1 is 1.70 bits per heavy atom. The van der Waals surface area contributed by atoms with E-state index in [1.807, 2.05) is 6.92 Å². The molecule has 1 N–H and O–H groups in total. The van der Waals surface area contributed by atoms with E-state index < -0.39 is 6.10 Å². The Bertz CT molecular complexity index is 114. The van der Waals surface area contributed by atoms with Crippen LogP contribution < -0.4 is 0 Å². The number of rotatable bonds is 4. The Hall–Kier alpha value is -0.0800. The molecule has 0 aromatic rings. The van der Waals surface area contributed by atoms with Gasteiger partial charge in [-0.1, -0.05) is 6.92 Å². The van der Waals surface area contributed by atoms with Gasteiger partial charge >= 0.3 is 0 Å². The molecule has 0 radical (unpaired) electrons. The molecule has 0 saturated heterocycles. The highest BCUT2D eigenvalue weighted by atomic mass is 35.5. The van der Waals surface area contributed by atoms with Crippen molar-refractivity contribution in [3.05, 3.63) is 0 Å². The summed E-state index contributed by atoms with van der Waals surface area (Å²) in [6.07, 6.45) is 0.182. The lowest BCUT2D eigenvalue weighted by atomic mass is 10.1. The average molecular weight is 165 g/mol. The zero-order valence-corrected chi connectivity index (χ0v) is 7.06. The van der Waals surface area contributed by atoms with E-state index in [0.29, 0.717) is 6.42 Å². The monoisotopic (exact) mass is 164 g/mol. The van der Waals surface area contributed by atoms with E-state index in [1.165, 1.54) is 6.92 Å². The second-order valence-corrected chi connectivity index (χ2v) is 2.96. The van der Waals surface area contributed by atoms with Gasteiger partial charge in [-0.05, 0) is 13.3 Å². The van der Waals surface area contributed by atoms with E-state index in [1.54, 1.807) is 0 Å². The molecular weight excluding hydrogens is 152 g/mol. The van der Waals surface area contributed by atoms with Gasteiger partial charge in [0.15, 0.2) is 0 Å². The first-order valence-corrected chi connectivity index (χ1v) is 3.83. The zero-order chi connectivity index (χ0) is 8.15. The van der Waals surface area contributed by atoms with Crippen LogP contribution >= 0.6 is 11.6 Å². The van der Waals surface area contributed by atoms with Gasteiger partial charge < -0.3 is 5.11 Å². The Balaban J connectivity index is 3.61. The Labute approximate surface area is 66.2 Å². The molecule has 0 amide bonds. The van der Waals surface area contributed by atoms with Crippen molar-refractivity contribution in [2.45, 2.75) is 38.2 Å². The van der Waals surface area contributed by atoms with Gasteiger partial charge in [-0.15, -0.1) is 11.6 Å². The minimum Gasteiger partial charge on any atom is -0.391 e. The standard InChI is InChI=1S/C7H13ClO2/c1-3-6(8)7(10)4-5(2)9/h6-7,10H,3-4H2,1-2H3. The summed E-state index contributed by atoms with van der Waals surface area (Å²) < 4.78 is 0. The molecule has 0 aromatic carbocycles. The zero-order valence-electron chi connectivity index (χ0n) is 6.30. The molecule has 0 bridgehead atoms. The molecule has 2 nitrogen and oxygen atoms in total. The average Bonchev–Trinajstić information content (AvgIpc) is 1.85. The molecular formula is C7H13ClO2. The number of hydrogen-bond donors (Lipinski definition) is 1. The van der Waals surface area contributed by atoms with Gasteiger partial charge in [0.25, 0.3) is 0 Å². The summed E-state index contributed by atoms with van der Waals surface area (Å²) >= 11 is 5.66.